The number of pyridine rings is 2. The first-order valence-corrected chi connectivity index (χ1v) is 41.2. The summed E-state index contributed by atoms with van der Waals surface area (Å²) in [5.41, 5.74) is 26.6. The van der Waals surface area contributed by atoms with Crippen LogP contribution >= 0.6 is 0 Å². The van der Waals surface area contributed by atoms with E-state index in [1.807, 2.05) is 63.5 Å². The Balaban J connectivity index is 0.0000000984. The number of aromatic amines is 1. The molecule has 13 aromatic rings. The van der Waals surface area contributed by atoms with Crippen molar-refractivity contribution in [1.82, 2.24) is 108 Å². The SMILES string of the molecule is CC1(C)OCCn2c1nc1c(N3CC4(CCCO4)C3)nc(-c3ccc(N)nc3)nc12.CC1(C)OCCn2c1nc1c(N3CC4CCOC4C3)nc(-c3cnc(N)nc3)nc12.COC1CN(c2nc(-c3cnc4nccn4c3)nc3c2[nH]c2[n+]3CCOC2(C)C)C1.Cc1cc(-c2nc(N3CC4CC3C4)c3nc4n(c3n2)CCOC4(C)C)cnc1N. The van der Waals surface area contributed by atoms with Crippen LogP contribution in [0.1, 0.15) is 116 Å². The van der Waals surface area contributed by atoms with Gasteiger partial charge in [0.2, 0.25) is 28.9 Å². The van der Waals surface area contributed by atoms with Gasteiger partial charge in [-0.05, 0) is 124 Å². The molecule has 0 radical (unpaired) electrons. The molecule has 7 saturated heterocycles. The zero-order valence-corrected chi connectivity index (χ0v) is 68.5. The summed E-state index contributed by atoms with van der Waals surface area (Å²) in [7, 11) is 1.75. The lowest BCUT2D eigenvalue weighted by Gasteiger charge is -2.47. The Hall–Kier alpha value is -11.5. The van der Waals surface area contributed by atoms with Gasteiger partial charge in [-0.1, -0.05) is 4.98 Å². The van der Waals surface area contributed by atoms with Crippen LogP contribution < -0.4 is 41.4 Å². The predicted octanol–water partition coefficient (Wildman–Crippen LogP) is 7.16. The molecule has 1 spiro atoms. The molecule has 616 valence electrons. The lowest BCUT2D eigenvalue weighted by atomic mass is 9.86. The maximum absolute atomic E-state index is 6.03. The fourth-order valence-electron chi connectivity index (χ4n) is 18.8. The molecule has 119 heavy (non-hydrogen) atoms. The van der Waals surface area contributed by atoms with Crippen LogP contribution in [0.2, 0.25) is 0 Å². The summed E-state index contributed by atoms with van der Waals surface area (Å²) < 4.78 is 52.0. The van der Waals surface area contributed by atoms with Gasteiger partial charge in [0.25, 0.3) is 0 Å². The van der Waals surface area contributed by atoms with E-state index >= 15 is 0 Å². The minimum absolute atomic E-state index is 0.0259. The van der Waals surface area contributed by atoms with Crippen LogP contribution in [0.3, 0.4) is 0 Å². The van der Waals surface area contributed by atoms with Crippen LogP contribution in [0, 0.1) is 18.8 Å². The van der Waals surface area contributed by atoms with Gasteiger partial charge in [0.05, 0.1) is 69.4 Å². The molecule has 2 atom stereocenters. The Morgan fingerprint density at radius 2 is 1.12 bits per heavy atom. The summed E-state index contributed by atoms with van der Waals surface area (Å²) >= 11 is 0. The number of aryl methyl sites for hydroxylation is 1. The summed E-state index contributed by atoms with van der Waals surface area (Å²) in [6.45, 7) is 31.6. The first-order chi connectivity index (χ1) is 57.4. The molecule has 0 amide bonds. The number of H-pyrrole nitrogens is 1. The third-order valence-corrected chi connectivity index (χ3v) is 25.3. The van der Waals surface area contributed by atoms with Crippen LogP contribution in [0.4, 0.5) is 40.9 Å². The Morgan fingerprint density at radius 1 is 0.538 bits per heavy atom. The number of nitrogens with one attached hydrogen (secondary N) is 1. The number of nitrogen functional groups attached to an aromatic ring is 3. The van der Waals surface area contributed by atoms with Gasteiger partial charge in [0.15, 0.2) is 74.2 Å². The van der Waals surface area contributed by atoms with Crippen molar-refractivity contribution in [3.8, 4) is 45.6 Å². The average Bonchev–Trinajstić information content (AvgIpc) is 1.59. The molecule has 11 aliphatic heterocycles. The molecule has 25 rings (SSSR count). The number of aromatic nitrogens is 23. The van der Waals surface area contributed by atoms with E-state index in [1.54, 1.807) is 50.4 Å². The van der Waals surface area contributed by atoms with E-state index in [0.29, 0.717) is 85.6 Å². The highest BCUT2D eigenvalue weighted by Gasteiger charge is 2.50. The average molecular weight is 1610 g/mol. The fourth-order valence-corrected chi connectivity index (χ4v) is 18.8. The number of hydrogen-bond donors (Lipinski definition) is 4. The van der Waals surface area contributed by atoms with Crippen molar-refractivity contribution in [2.75, 3.05) is 129 Å². The first-order valence-electron chi connectivity index (χ1n) is 41.2. The van der Waals surface area contributed by atoms with Crippen molar-refractivity contribution in [3.63, 3.8) is 0 Å². The van der Waals surface area contributed by atoms with Gasteiger partial charge in [0.1, 0.15) is 57.1 Å². The highest BCUT2D eigenvalue weighted by molar-refractivity contribution is 5.90. The van der Waals surface area contributed by atoms with E-state index in [2.05, 4.69) is 100 Å². The third kappa shape index (κ3) is 13.0. The monoisotopic (exact) mass is 1610 g/mol. The van der Waals surface area contributed by atoms with Gasteiger partial charge in [-0.2, -0.15) is 4.98 Å². The van der Waals surface area contributed by atoms with E-state index in [-0.39, 0.29) is 23.8 Å². The van der Waals surface area contributed by atoms with Crippen molar-refractivity contribution in [2.24, 2.45) is 11.8 Å². The summed E-state index contributed by atoms with van der Waals surface area (Å²) in [6, 6.07) is 6.26. The summed E-state index contributed by atoms with van der Waals surface area (Å²) in [5.74, 6) is 12.9. The zero-order valence-electron chi connectivity index (χ0n) is 68.5. The number of anilines is 7. The number of ether oxygens (including phenoxy) is 7. The van der Waals surface area contributed by atoms with Gasteiger partial charge in [-0.25, -0.2) is 79.3 Å². The third-order valence-electron chi connectivity index (χ3n) is 25.3. The number of nitrogens with two attached hydrogens (primary N) is 3. The molecule has 2 bridgehead atoms. The van der Waals surface area contributed by atoms with Crippen LogP contribution in [0.5, 0.6) is 0 Å². The Bertz CT molecular complexity index is 6140. The molecule has 8 fully saturated rings. The topological polar surface area (TPSA) is 414 Å². The smallest absolute Gasteiger partial charge is 0.308 e. The molecule has 13 aromatic heterocycles. The molecule has 1 saturated carbocycles. The maximum atomic E-state index is 6.03. The molecule has 2 unspecified atom stereocenters. The van der Waals surface area contributed by atoms with E-state index in [4.69, 9.17) is 105 Å². The second-order valence-corrected chi connectivity index (χ2v) is 35.0. The number of nitrogens with zero attached hydrogens (tertiary/aromatic N) is 26. The molecule has 24 heterocycles. The van der Waals surface area contributed by atoms with Crippen LogP contribution in [-0.4, -0.2) is 224 Å². The van der Waals surface area contributed by atoms with Gasteiger partial charge in [-0.3, -0.25) is 9.38 Å². The van der Waals surface area contributed by atoms with Gasteiger partial charge in [-0.15, -0.1) is 0 Å². The van der Waals surface area contributed by atoms with E-state index in [9.17, 15) is 0 Å². The van der Waals surface area contributed by atoms with Gasteiger partial charge >= 0.3 is 5.65 Å². The standard InChI is InChI=1S/C21H25N7O2.C21H25N7O.C20H22N8O2.C20H24N8O2/c1-20(2)19-24-15-17(27-11-21(12-27)6-3-8-30-21)25-16(13-4-5-14(22)23-10-13)26-18(15)28(19)7-9-29-20;1-11-6-13(9-23-16(11)22)17-25-18-15(19(26-17)28-10-12-7-14(28)8-12)24-20-21(2,3)29-5-4-27(18)20;1-20(2)18-23-14-16(27-10-13(11-27)29-3)24-15(25-17(14)28(18)6-7-30-20)12-8-22-19-21-4-5-26(19)9-12;1-20(2)18-24-14-16(27-9-11-3-5-29-13(11)10-27)25-15(12-7-22-19(21)23-8-12)26-17(14)28(18)4-6-30-20/h4-5,10H,3,6-9,11-12H2,1-2H3,(H2,22,23);6,9,12,14H,4-5,7-8,10H2,1-3H3,(H2,22,23);4-5,8-9,13H,6-7,10-11H2,1-3H3;7-8,11,13H,3-6,9-10H2,1-2H3,(H2,21,22,23)/p+1. The summed E-state index contributed by atoms with van der Waals surface area (Å²) in [6.07, 6.45) is 20.5. The number of hydrogen-bond acceptors (Lipinski definition) is 31. The number of imidazole rings is 5. The molecular weight excluding hydrogens is 1520 g/mol. The minimum Gasteiger partial charge on any atom is -0.384 e. The Morgan fingerprint density at radius 3 is 1.72 bits per heavy atom. The lowest BCUT2D eigenvalue weighted by Crippen LogP contribution is -2.62. The lowest BCUT2D eigenvalue weighted by molar-refractivity contribution is -0.702. The van der Waals surface area contributed by atoms with E-state index in [0.717, 1.165) is 223 Å². The van der Waals surface area contributed by atoms with Crippen LogP contribution in [-0.2, 0) is 81.7 Å². The molecule has 37 heteroatoms. The Kier molecular flexibility index (Phi) is 17.7. The molecule has 37 nitrogen and oxygen atoms in total. The van der Waals surface area contributed by atoms with Crippen molar-refractivity contribution in [3.05, 3.63) is 96.6 Å². The second kappa shape index (κ2) is 28.1. The first kappa shape index (κ1) is 75.0. The van der Waals surface area contributed by atoms with Gasteiger partial charge in [0, 0.05) is 145 Å². The van der Waals surface area contributed by atoms with Crippen molar-refractivity contribution >= 4 is 91.3 Å². The maximum Gasteiger partial charge on any atom is 0.308 e. The molecule has 7 N–H and O–H groups in total. The minimum atomic E-state index is -0.481. The van der Waals surface area contributed by atoms with Gasteiger partial charge < -0.3 is 83.7 Å². The Labute approximate surface area is 683 Å². The zero-order chi connectivity index (χ0) is 81.3. The highest BCUT2D eigenvalue weighted by atomic mass is 16.5. The van der Waals surface area contributed by atoms with Crippen molar-refractivity contribution < 1.29 is 37.7 Å². The summed E-state index contributed by atoms with van der Waals surface area (Å²) in [4.78, 5) is 92.6. The largest absolute Gasteiger partial charge is 0.384 e. The van der Waals surface area contributed by atoms with Crippen molar-refractivity contribution in [1.29, 1.82) is 0 Å². The molecular formula is C82H97N30O7+. The highest BCUT2D eigenvalue weighted by Crippen LogP contribution is 2.48. The summed E-state index contributed by atoms with van der Waals surface area (Å²) in [5, 5.41) is 0. The van der Waals surface area contributed by atoms with Crippen LogP contribution in [0.25, 0.3) is 96.0 Å². The van der Waals surface area contributed by atoms with Crippen molar-refractivity contribution in [2.45, 2.75) is 167 Å². The molecule has 12 aliphatic rings. The van der Waals surface area contributed by atoms with E-state index in [1.165, 1.54) is 12.8 Å². The number of methoxy groups -OCH3 is 1. The number of rotatable bonds is 9. The molecule has 0 aromatic carbocycles. The van der Waals surface area contributed by atoms with Crippen LogP contribution in [0.15, 0.2) is 67.8 Å². The predicted molar refractivity (Wildman–Crippen MR) is 440 cm³/mol. The van der Waals surface area contributed by atoms with E-state index < -0.39 is 22.4 Å². The molecule has 1 aliphatic carbocycles. The normalized spacial score (nSPS) is 22.5. The number of fused-ring (bicyclic) bond motifs is 15. The quantitative estimate of drug-likeness (QED) is 0.104. The second-order valence-electron chi connectivity index (χ2n) is 35.0. The fraction of sp³-hybridized carbons (Fsp3) is 0.512.